The molecule has 0 saturated heterocycles. The summed E-state index contributed by atoms with van der Waals surface area (Å²) in [6, 6.07) is 6.84. The first-order valence-electron chi connectivity index (χ1n) is 5.67. The Morgan fingerprint density at radius 3 is 2.65 bits per heavy atom. The lowest BCUT2D eigenvalue weighted by molar-refractivity contribution is 0.314. The molecule has 0 fully saturated rings. The molecule has 0 atom stereocenters. The molecule has 96 valence electrons. The van der Waals surface area contributed by atoms with Crippen molar-refractivity contribution in [1.82, 2.24) is 0 Å². The van der Waals surface area contributed by atoms with Gasteiger partial charge >= 0.3 is 0 Å². The van der Waals surface area contributed by atoms with Crippen molar-refractivity contribution in [3.05, 3.63) is 29.8 Å². The molecule has 17 heavy (non-hydrogen) atoms. The molecule has 0 aliphatic carbocycles. The molecular weight excluding hydrogens is 238 g/mol. The molecule has 1 aromatic carbocycles. The van der Waals surface area contributed by atoms with E-state index >= 15 is 0 Å². The molecule has 0 saturated carbocycles. The van der Waals surface area contributed by atoms with Crippen molar-refractivity contribution in [3.8, 4) is 0 Å². The first kappa shape index (κ1) is 14.2. The second-order valence-corrected chi connectivity index (χ2v) is 5.76. The Bertz CT molecular complexity index is 455. The van der Waals surface area contributed by atoms with Gasteiger partial charge in [0.15, 0.2) is 0 Å². The first-order valence-corrected chi connectivity index (χ1v) is 7.07. The molecular formula is C12H19NO3S. The lowest BCUT2D eigenvalue weighted by Gasteiger charge is -2.09. The zero-order valence-corrected chi connectivity index (χ0v) is 11.0. The van der Waals surface area contributed by atoms with Gasteiger partial charge in [0.25, 0.3) is 10.1 Å². The summed E-state index contributed by atoms with van der Waals surface area (Å²) in [6.45, 7) is 4.58. The van der Waals surface area contributed by atoms with Crippen molar-refractivity contribution < 1.29 is 12.6 Å². The molecule has 5 heteroatoms. The quantitative estimate of drug-likeness (QED) is 0.624. The summed E-state index contributed by atoms with van der Waals surface area (Å²) in [7, 11) is -3.64. The smallest absolute Gasteiger partial charge is 0.296 e. The third kappa shape index (κ3) is 4.11. The minimum atomic E-state index is -3.64. The average Bonchev–Trinajstić information content (AvgIpc) is 2.29. The van der Waals surface area contributed by atoms with Crippen LogP contribution in [-0.2, 0) is 14.3 Å². The highest BCUT2D eigenvalue weighted by Crippen LogP contribution is 2.19. The van der Waals surface area contributed by atoms with Gasteiger partial charge in [-0.3, -0.25) is 4.18 Å². The van der Waals surface area contributed by atoms with Gasteiger partial charge in [0, 0.05) is 0 Å². The highest BCUT2D eigenvalue weighted by Gasteiger charge is 2.15. The van der Waals surface area contributed by atoms with Crippen LogP contribution in [0, 0.1) is 0 Å². The van der Waals surface area contributed by atoms with Crippen LogP contribution in [0.15, 0.2) is 29.2 Å². The monoisotopic (exact) mass is 257 g/mol. The fraction of sp³-hybridized carbons (Fsp3) is 0.500. The Labute approximate surface area is 103 Å². The summed E-state index contributed by atoms with van der Waals surface area (Å²) < 4.78 is 28.5. The van der Waals surface area contributed by atoms with Gasteiger partial charge in [-0.15, -0.1) is 0 Å². The van der Waals surface area contributed by atoms with Crippen molar-refractivity contribution in [1.29, 1.82) is 0 Å². The highest BCUT2D eigenvalue weighted by atomic mass is 32.2. The summed E-state index contributed by atoms with van der Waals surface area (Å²) in [5.41, 5.74) is 6.27. The van der Waals surface area contributed by atoms with Crippen LogP contribution in [0.3, 0.4) is 0 Å². The van der Waals surface area contributed by atoms with Gasteiger partial charge in [-0.2, -0.15) is 8.42 Å². The molecule has 0 unspecified atom stereocenters. The van der Waals surface area contributed by atoms with Gasteiger partial charge < -0.3 is 5.73 Å². The zero-order valence-electron chi connectivity index (χ0n) is 10.2. The van der Waals surface area contributed by atoms with Gasteiger partial charge in [0.05, 0.1) is 11.5 Å². The van der Waals surface area contributed by atoms with E-state index in [2.05, 4.69) is 0 Å². The van der Waals surface area contributed by atoms with Crippen molar-refractivity contribution in [3.63, 3.8) is 0 Å². The van der Waals surface area contributed by atoms with E-state index < -0.39 is 10.1 Å². The minimum Gasteiger partial charge on any atom is -0.330 e. The fourth-order valence-electron chi connectivity index (χ4n) is 1.35. The van der Waals surface area contributed by atoms with Gasteiger partial charge in [-0.25, -0.2) is 0 Å². The molecule has 0 bridgehead atoms. The van der Waals surface area contributed by atoms with Crippen LogP contribution in [0.1, 0.15) is 31.7 Å². The maximum Gasteiger partial charge on any atom is 0.296 e. The molecule has 0 heterocycles. The Kier molecular flexibility index (Phi) is 5.11. The van der Waals surface area contributed by atoms with E-state index in [4.69, 9.17) is 9.92 Å². The third-order valence-electron chi connectivity index (χ3n) is 2.40. The second-order valence-electron chi connectivity index (χ2n) is 4.15. The Hall–Kier alpha value is -0.910. The molecule has 0 aliphatic rings. The maximum atomic E-state index is 11.8. The molecule has 0 spiro atoms. The van der Waals surface area contributed by atoms with Crippen LogP contribution in [-0.4, -0.2) is 21.6 Å². The van der Waals surface area contributed by atoms with Gasteiger partial charge in [-0.05, 0) is 36.6 Å². The van der Waals surface area contributed by atoms with Crippen molar-refractivity contribution in [2.24, 2.45) is 5.73 Å². The molecule has 0 aliphatic heterocycles. The predicted molar refractivity (Wildman–Crippen MR) is 67.3 cm³/mol. The number of nitrogens with two attached hydrogens (primary N) is 1. The van der Waals surface area contributed by atoms with Gasteiger partial charge in [0.1, 0.15) is 0 Å². The highest BCUT2D eigenvalue weighted by molar-refractivity contribution is 7.86. The number of benzene rings is 1. The predicted octanol–water partition coefficient (Wildman–Crippen LogP) is 1.86. The van der Waals surface area contributed by atoms with E-state index in [1.54, 1.807) is 18.2 Å². The van der Waals surface area contributed by atoms with Gasteiger partial charge in [0.2, 0.25) is 0 Å². The standard InChI is InChI=1S/C12H19NO3S/c1-10(2)11-5-3-6-12(9-11)17(14,15)16-8-4-7-13/h3,5-6,9-10H,4,7-8,13H2,1-2H3. The molecule has 2 N–H and O–H groups in total. The van der Waals surface area contributed by atoms with E-state index in [9.17, 15) is 8.42 Å². The molecule has 1 aromatic rings. The van der Waals surface area contributed by atoms with Crippen molar-refractivity contribution in [2.75, 3.05) is 13.2 Å². The molecule has 4 nitrogen and oxygen atoms in total. The van der Waals surface area contributed by atoms with E-state index in [1.807, 2.05) is 19.9 Å². The zero-order chi connectivity index (χ0) is 12.9. The summed E-state index contributed by atoms with van der Waals surface area (Å²) >= 11 is 0. The summed E-state index contributed by atoms with van der Waals surface area (Å²) in [5.74, 6) is 0.286. The van der Waals surface area contributed by atoms with Crippen LogP contribution in [0.25, 0.3) is 0 Å². The number of hydrogen-bond donors (Lipinski definition) is 1. The van der Waals surface area contributed by atoms with Crippen LogP contribution < -0.4 is 5.73 Å². The molecule has 1 rings (SSSR count). The SMILES string of the molecule is CC(C)c1cccc(S(=O)(=O)OCCCN)c1. The van der Waals surface area contributed by atoms with Crippen LogP contribution in [0.4, 0.5) is 0 Å². The van der Waals surface area contributed by atoms with Crippen LogP contribution in [0.2, 0.25) is 0 Å². The van der Waals surface area contributed by atoms with E-state index in [1.165, 1.54) is 0 Å². The Morgan fingerprint density at radius 1 is 1.35 bits per heavy atom. The summed E-state index contributed by atoms with van der Waals surface area (Å²) in [4.78, 5) is 0.209. The summed E-state index contributed by atoms with van der Waals surface area (Å²) in [6.07, 6.45) is 0.531. The molecule has 0 radical (unpaired) electrons. The lowest BCUT2D eigenvalue weighted by Crippen LogP contribution is -2.11. The molecule has 0 amide bonds. The lowest BCUT2D eigenvalue weighted by atomic mass is 10.0. The van der Waals surface area contributed by atoms with Gasteiger partial charge in [-0.1, -0.05) is 26.0 Å². The first-order chi connectivity index (χ1) is 7.97. The Morgan fingerprint density at radius 2 is 2.06 bits per heavy atom. The summed E-state index contributed by atoms with van der Waals surface area (Å²) in [5, 5.41) is 0. The van der Waals surface area contributed by atoms with Crippen LogP contribution >= 0.6 is 0 Å². The minimum absolute atomic E-state index is 0.130. The van der Waals surface area contributed by atoms with E-state index in [0.717, 1.165) is 5.56 Å². The number of hydrogen-bond acceptors (Lipinski definition) is 4. The number of rotatable bonds is 6. The third-order valence-corrected chi connectivity index (χ3v) is 3.71. The Balaban J connectivity index is 2.87. The molecule has 0 aromatic heterocycles. The van der Waals surface area contributed by atoms with E-state index in [-0.39, 0.29) is 17.4 Å². The largest absolute Gasteiger partial charge is 0.330 e. The second kappa shape index (κ2) is 6.14. The van der Waals surface area contributed by atoms with Crippen molar-refractivity contribution >= 4 is 10.1 Å². The van der Waals surface area contributed by atoms with E-state index in [0.29, 0.717) is 13.0 Å². The fourth-order valence-corrected chi connectivity index (χ4v) is 2.35. The normalized spacial score (nSPS) is 12.0. The average molecular weight is 257 g/mol. The topological polar surface area (TPSA) is 69.4 Å². The van der Waals surface area contributed by atoms with Crippen molar-refractivity contribution in [2.45, 2.75) is 31.1 Å². The van der Waals surface area contributed by atoms with Crippen LogP contribution in [0.5, 0.6) is 0 Å². The maximum absolute atomic E-state index is 11.8.